The van der Waals surface area contributed by atoms with Gasteiger partial charge in [-0.3, -0.25) is 0 Å². The van der Waals surface area contributed by atoms with Gasteiger partial charge in [-0.15, -0.1) is 0 Å². The van der Waals surface area contributed by atoms with Gasteiger partial charge in [0.05, 0.1) is 0 Å². The largest absolute Gasteiger partial charge is 0.474 e. The first-order valence-corrected chi connectivity index (χ1v) is 9.76. The van der Waals surface area contributed by atoms with Crippen molar-refractivity contribution in [3.05, 3.63) is 40.6 Å². The standard InChI is InChI=1S/C22H29N3O/c1-14-13-16-5-4-6-19(16)21(23)20(14)18-7-10-24-22(15(18)2)26-17-8-11-25(3)12-9-17/h7,10,13,17H,4-6,8-9,11-12,23H2,1-3H3. The van der Waals surface area contributed by atoms with Gasteiger partial charge in [-0.1, -0.05) is 6.07 Å². The van der Waals surface area contributed by atoms with Crippen LogP contribution in [-0.4, -0.2) is 36.1 Å². The Morgan fingerprint density at radius 2 is 1.96 bits per heavy atom. The smallest absolute Gasteiger partial charge is 0.217 e. The third-order valence-electron chi connectivity index (χ3n) is 6.01. The molecule has 4 rings (SSSR count). The Labute approximate surface area is 156 Å². The van der Waals surface area contributed by atoms with E-state index in [0.29, 0.717) is 0 Å². The van der Waals surface area contributed by atoms with Gasteiger partial charge in [-0.2, -0.15) is 0 Å². The van der Waals surface area contributed by atoms with Gasteiger partial charge in [-0.05, 0) is 81.3 Å². The summed E-state index contributed by atoms with van der Waals surface area (Å²) in [5, 5.41) is 0. The maximum atomic E-state index is 6.62. The average molecular weight is 351 g/mol. The van der Waals surface area contributed by atoms with Crippen molar-refractivity contribution < 1.29 is 4.74 Å². The number of pyridine rings is 1. The number of hydrogen-bond acceptors (Lipinski definition) is 4. The van der Waals surface area contributed by atoms with Gasteiger partial charge in [0.25, 0.3) is 0 Å². The Morgan fingerprint density at radius 3 is 2.73 bits per heavy atom. The fourth-order valence-electron chi connectivity index (χ4n) is 4.46. The second kappa shape index (κ2) is 6.92. The summed E-state index contributed by atoms with van der Waals surface area (Å²) in [5.74, 6) is 0.761. The van der Waals surface area contributed by atoms with Crippen LogP contribution < -0.4 is 10.5 Å². The van der Waals surface area contributed by atoms with Crippen LogP contribution in [0.25, 0.3) is 11.1 Å². The molecule has 1 aliphatic heterocycles. The monoisotopic (exact) mass is 351 g/mol. The lowest BCUT2D eigenvalue weighted by atomic mass is 9.91. The lowest BCUT2D eigenvalue weighted by Gasteiger charge is -2.29. The minimum Gasteiger partial charge on any atom is -0.474 e. The highest BCUT2D eigenvalue weighted by Gasteiger charge is 2.23. The molecule has 4 heteroatoms. The molecule has 2 aromatic rings. The topological polar surface area (TPSA) is 51.4 Å². The Balaban J connectivity index is 1.68. The number of nitrogen functional groups attached to an aromatic ring is 1. The lowest BCUT2D eigenvalue weighted by molar-refractivity contribution is 0.109. The molecule has 138 valence electrons. The Hall–Kier alpha value is -2.07. The molecule has 2 aliphatic rings. The number of anilines is 1. The molecule has 0 saturated carbocycles. The van der Waals surface area contributed by atoms with Crippen molar-refractivity contribution in [3.63, 3.8) is 0 Å². The lowest BCUT2D eigenvalue weighted by Crippen LogP contribution is -2.35. The van der Waals surface area contributed by atoms with E-state index < -0.39 is 0 Å². The number of aryl methyl sites for hydroxylation is 2. The van der Waals surface area contributed by atoms with E-state index in [9.17, 15) is 0 Å². The molecular formula is C22H29N3O. The Kier molecular flexibility index (Phi) is 4.62. The number of aromatic nitrogens is 1. The number of hydrogen-bond donors (Lipinski definition) is 1. The van der Waals surface area contributed by atoms with Gasteiger partial charge in [0.15, 0.2) is 0 Å². The number of ether oxygens (including phenoxy) is 1. The van der Waals surface area contributed by atoms with Gasteiger partial charge < -0.3 is 15.4 Å². The van der Waals surface area contributed by atoms with Crippen LogP contribution in [0.3, 0.4) is 0 Å². The summed E-state index contributed by atoms with van der Waals surface area (Å²) < 4.78 is 6.29. The van der Waals surface area contributed by atoms with E-state index in [1.54, 1.807) is 0 Å². The summed E-state index contributed by atoms with van der Waals surface area (Å²) in [4.78, 5) is 6.89. The van der Waals surface area contributed by atoms with Crippen molar-refractivity contribution in [1.29, 1.82) is 0 Å². The summed E-state index contributed by atoms with van der Waals surface area (Å²) in [5.41, 5.74) is 15.0. The fraction of sp³-hybridized carbons (Fsp3) is 0.500. The van der Waals surface area contributed by atoms with E-state index in [0.717, 1.165) is 61.5 Å². The predicted octanol–water partition coefficient (Wildman–Crippen LogP) is 3.91. The summed E-state index contributed by atoms with van der Waals surface area (Å²) in [6.45, 7) is 6.45. The van der Waals surface area contributed by atoms with Crippen molar-refractivity contribution in [2.75, 3.05) is 25.9 Å². The molecule has 0 bridgehead atoms. The van der Waals surface area contributed by atoms with Gasteiger partial charge in [0.2, 0.25) is 5.88 Å². The van der Waals surface area contributed by atoms with Crippen molar-refractivity contribution in [2.24, 2.45) is 0 Å². The van der Waals surface area contributed by atoms with Crippen LogP contribution in [0.2, 0.25) is 0 Å². The molecule has 0 amide bonds. The van der Waals surface area contributed by atoms with Gasteiger partial charge >= 0.3 is 0 Å². The summed E-state index contributed by atoms with van der Waals surface area (Å²) in [7, 11) is 2.17. The SMILES string of the molecule is Cc1cc2c(c(N)c1-c1ccnc(OC3CCN(C)CC3)c1C)CCC2. The third-order valence-corrected chi connectivity index (χ3v) is 6.01. The first kappa shape index (κ1) is 17.3. The number of benzene rings is 1. The highest BCUT2D eigenvalue weighted by molar-refractivity contribution is 5.85. The van der Waals surface area contributed by atoms with Crippen molar-refractivity contribution in [3.8, 4) is 17.0 Å². The van der Waals surface area contributed by atoms with Crippen molar-refractivity contribution >= 4 is 5.69 Å². The molecule has 2 N–H and O–H groups in total. The summed E-state index contributed by atoms with van der Waals surface area (Å²) in [6.07, 6.45) is 7.69. The Bertz CT molecular complexity index is 823. The highest BCUT2D eigenvalue weighted by Crippen LogP contribution is 2.40. The zero-order valence-electron chi connectivity index (χ0n) is 16.1. The molecule has 26 heavy (non-hydrogen) atoms. The quantitative estimate of drug-likeness (QED) is 0.852. The van der Waals surface area contributed by atoms with Crippen LogP contribution in [0.4, 0.5) is 5.69 Å². The maximum absolute atomic E-state index is 6.62. The number of nitrogens with zero attached hydrogens (tertiary/aromatic N) is 2. The molecule has 4 nitrogen and oxygen atoms in total. The van der Waals surface area contributed by atoms with Crippen LogP contribution in [0, 0.1) is 13.8 Å². The van der Waals surface area contributed by atoms with Crippen LogP contribution in [0.5, 0.6) is 5.88 Å². The molecule has 1 saturated heterocycles. The summed E-state index contributed by atoms with van der Waals surface area (Å²) >= 11 is 0. The minimum atomic E-state index is 0.256. The van der Waals surface area contributed by atoms with Crippen LogP contribution in [-0.2, 0) is 12.8 Å². The Morgan fingerprint density at radius 1 is 1.19 bits per heavy atom. The number of fused-ring (bicyclic) bond motifs is 1. The maximum Gasteiger partial charge on any atom is 0.217 e. The third kappa shape index (κ3) is 3.07. The molecule has 1 fully saturated rings. The highest BCUT2D eigenvalue weighted by atomic mass is 16.5. The van der Waals surface area contributed by atoms with Crippen molar-refractivity contribution in [1.82, 2.24) is 9.88 Å². The molecule has 1 aliphatic carbocycles. The fourth-order valence-corrected chi connectivity index (χ4v) is 4.46. The number of rotatable bonds is 3. The minimum absolute atomic E-state index is 0.256. The van der Waals surface area contributed by atoms with Gasteiger partial charge in [0, 0.05) is 36.1 Å². The molecule has 0 unspecified atom stereocenters. The van der Waals surface area contributed by atoms with E-state index >= 15 is 0 Å². The first-order chi connectivity index (χ1) is 12.5. The van der Waals surface area contributed by atoms with Gasteiger partial charge in [-0.25, -0.2) is 4.98 Å². The second-order valence-corrected chi connectivity index (χ2v) is 7.88. The van der Waals surface area contributed by atoms with Crippen LogP contribution >= 0.6 is 0 Å². The molecule has 0 radical (unpaired) electrons. The molecular weight excluding hydrogens is 322 g/mol. The molecule has 0 spiro atoms. The van der Waals surface area contributed by atoms with E-state index in [-0.39, 0.29) is 6.10 Å². The average Bonchev–Trinajstić information content (AvgIpc) is 3.08. The molecule has 0 atom stereocenters. The van der Waals surface area contributed by atoms with E-state index in [1.165, 1.54) is 28.7 Å². The van der Waals surface area contributed by atoms with E-state index in [4.69, 9.17) is 10.5 Å². The zero-order chi connectivity index (χ0) is 18.3. The first-order valence-electron chi connectivity index (χ1n) is 9.76. The van der Waals surface area contributed by atoms with Crippen LogP contribution in [0.1, 0.15) is 41.5 Å². The number of piperidine rings is 1. The van der Waals surface area contributed by atoms with Crippen molar-refractivity contribution in [2.45, 2.75) is 52.1 Å². The van der Waals surface area contributed by atoms with Gasteiger partial charge in [0.1, 0.15) is 6.10 Å². The normalized spacial score (nSPS) is 18.1. The molecule has 2 heterocycles. The molecule has 1 aromatic heterocycles. The number of likely N-dealkylation sites (tertiary alicyclic amines) is 1. The van der Waals surface area contributed by atoms with E-state index in [1.807, 2.05) is 6.20 Å². The predicted molar refractivity (Wildman–Crippen MR) is 107 cm³/mol. The van der Waals surface area contributed by atoms with E-state index in [2.05, 4.69) is 42.9 Å². The number of nitrogens with two attached hydrogens (primary N) is 1. The summed E-state index contributed by atoms with van der Waals surface area (Å²) in [6, 6.07) is 4.41. The second-order valence-electron chi connectivity index (χ2n) is 7.88. The molecule has 1 aromatic carbocycles. The van der Waals surface area contributed by atoms with Crippen LogP contribution in [0.15, 0.2) is 18.3 Å². The zero-order valence-corrected chi connectivity index (χ0v) is 16.1.